The molecule has 3 nitrogen and oxygen atoms in total. The van der Waals surface area contributed by atoms with Crippen LogP contribution in [0.4, 0.5) is 5.69 Å². The molecule has 0 aliphatic carbocycles. The summed E-state index contributed by atoms with van der Waals surface area (Å²) in [6, 6.07) is 6.29. The molecule has 0 radical (unpaired) electrons. The molecule has 0 fully saturated rings. The molecule has 1 unspecified atom stereocenters. The summed E-state index contributed by atoms with van der Waals surface area (Å²) >= 11 is 0. The van der Waals surface area contributed by atoms with Crippen LogP contribution in [0.5, 0.6) is 0 Å². The first-order valence-electron chi connectivity index (χ1n) is 6.58. The summed E-state index contributed by atoms with van der Waals surface area (Å²) < 4.78 is 0. The second-order valence-electron chi connectivity index (χ2n) is 5.72. The highest BCUT2D eigenvalue weighted by atomic mass is 16.4. The molecule has 1 atom stereocenters. The van der Waals surface area contributed by atoms with Gasteiger partial charge in [0.05, 0.1) is 6.21 Å². The van der Waals surface area contributed by atoms with E-state index in [-0.39, 0.29) is 5.54 Å². The molecule has 0 amide bonds. The van der Waals surface area contributed by atoms with E-state index < -0.39 is 0 Å². The van der Waals surface area contributed by atoms with Gasteiger partial charge in [0.15, 0.2) is 0 Å². The van der Waals surface area contributed by atoms with Crippen molar-refractivity contribution in [2.75, 3.05) is 11.4 Å². The van der Waals surface area contributed by atoms with Crippen LogP contribution in [0, 0.1) is 0 Å². The molecule has 1 N–H and O–H groups in total. The number of hydrogen-bond donors (Lipinski definition) is 1. The van der Waals surface area contributed by atoms with Crippen molar-refractivity contribution in [3.05, 3.63) is 29.3 Å². The van der Waals surface area contributed by atoms with Gasteiger partial charge in [0.1, 0.15) is 0 Å². The summed E-state index contributed by atoms with van der Waals surface area (Å²) in [5, 5.41) is 11.7. The van der Waals surface area contributed by atoms with Gasteiger partial charge in [-0.3, -0.25) is 0 Å². The van der Waals surface area contributed by atoms with Gasteiger partial charge in [0.25, 0.3) is 0 Å². The third-order valence-corrected chi connectivity index (χ3v) is 3.93. The first-order chi connectivity index (χ1) is 8.49. The second-order valence-corrected chi connectivity index (χ2v) is 5.72. The quantitative estimate of drug-likeness (QED) is 0.491. The van der Waals surface area contributed by atoms with E-state index in [0.717, 1.165) is 18.5 Å². The summed E-state index contributed by atoms with van der Waals surface area (Å²) in [5.41, 5.74) is 3.83. The number of benzene rings is 1. The molecule has 18 heavy (non-hydrogen) atoms. The Kier molecular flexibility index (Phi) is 3.33. The molecule has 1 aromatic rings. The average molecular weight is 246 g/mol. The number of oxime groups is 1. The van der Waals surface area contributed by atoms with Crippen molar-refractivity contribution in [1.82, 2.24) is 0 Å². The van der Waals surface area contributed by atoms with Crippen LogP contribution in [-0.4, -0.2) is 23.5 Å². The second kappa shape index (κ2) is 4.63. The Labute approximate surface area is 109 Å². The van der Waals surface area contributed by atoms with Gasteiger partial charge in [0, 0.05) is 17.8 Å². The standard InChI is InChI=1S/C15H22N2O/c1-5-17-14-7-6-12(10-16-18)8-13(14)11(2)9-15(17,3)4/h6-8,10-11,18H,5,9H2,1-4H3/b16-10+. The summed E-state index contributed by atoms with van der Waals surface area (Å²) in [7, 11) is 0. The summed E-state index contributed by atoms with van der Waals surface area (Å²) in [4.78, 5) is 2.46. The Morgan fingerprint density at radius 2 is 2.22 bits per heavy atom. The molecule has 0 saturated heterocycles. The highest BCUT2D eigenvalue weighted by molar-refractivity contribution is 5.81. The highest BCUT2D eigenvalue weighted by Crippen LogP contribution is 2.43. The molecule has 1 aromatic carbocycles. The van der Waals surface area contributed by atoms with Crippen LogP contribution >= 0.6 is 0 Å². The summed E-state index contributed by atoms with van der Waals surface area (Å²) in [5.74, 6) is 0.532. The summed E-state index contributed by atoms with van der Waals surface area (Å²) in [6.45, 7) is 10.1. The molecule has 3 heteroatoms. The van der Waals surface area contributed by atoms with E-state index in [9.17, 15) is 0 Å². The van der Waals surface area contributed by atoms with E-state index in [1.807, 2.05) is 6.07 Å². The predicted octanol–water partition coefficient (Wildman–Crippen LogP) is 3.61. The zero-order chi connectivity index (χ0) is 13.3. The lowest BCUT2D eigenvalue weighted by Crippen LogP contribution is -2.48. The van der Waals surface area contributed by atoms with Crippen molar-refractivity contribution < 1.29 is 5.21 Å². The molecule has 2 rings (SSSR count). The van der Waals surface area contributed by atoms with E-state index in [2.05, 4.69) is 49.9 Å². The Balaban J connectivity index is 2.51. The molecule has 98 valence electrons. The lowest BCUT2D eigenvalue weighted by Gasteiger charge is -2.47. The largest absolute Gasteiger partial charge is 0.411 e. The smallest absolute Gasteiger partial charge is 0.0733 e. The van der Waals surface area contributed by atoms with E-state index in [1.165, 1.54) is 17.5 Å². The van der Waals surface area contributed by atoms with Crippen LogP contribution in [0.1, 0.15) is 51.2 Å². The van der Waals surface area contributed by atoms with Gasteiger partial charge in [-0.25, -0.2) is 0 Å². The molecule has 0 aromatic heterocycles. The van der Waals surface area contributed by atoms with E-state index in [0.29, 0.717) is 5.92 Å². The first kappa shape index (κ1) is 12.9. The third-order valence-electron chi connectivity index (χ3n) is 3.93. The van der Waals surface area contributed by atoms with Crippen molar-refractivity contribution >= 4 is 11.9 Å². The van der Waals surface area contributed by atoms with Crippen molar-refractivity contribution in [3.63, 3.8) is 0 Å². The van der Waals surface area contributed by atoms with Crippen LogP contribution in [0.25, 0.3) is 0 Å². The van der Waals surface area contributed by atoms with E-state index in [4.69, 9.17) is 5.21 Å². The lowest BCUT2D eigenvalue weighted by molar-refractivity contribution is 0.322. The number of hydrogen-bond acceptors (Lipinski definition) is 3. The Morgan fingerprint density at radius 1 is 1.50 bits per heavy atom. The van der Waals surface area contributed by atoms with Gasteiger partial charge >= 0.3 is 0 Å². The van der Waals surface area contributed by atoms with Crippen molar-refractivity contribution in [1.29, 1.82) is 0 Å². The minimum absolute atomic E-state index is 0.202. The van der Waals surface area contributed by atoms with Crippen molar-refractivity contribution in [2.45, 2.75) is 45.6 Å². The van der Waals surface area contributed by atoms with E-state index >= 15 is 0 Å². The van der Waals surface area contributed by atoms with Crippen molar-refractivity contribution in [3.8, 4) is 0 Å². The maximum atomic E-state index is 8.63. The normalized spacial score (nSPS) is 22.2. The van der Waals surface area contributed by atoms with Crippen LogP contribution in [0.2, 0.25) is 0 Å². The SMILES string of the molecule is CCN1c2ccc(/C=N/O)cc2C(C)CC1(C)C. The number of anilines is 1. The molecular formula is C15H22N2O. The molecular weight excluding hydrogens is 224 g/mol. The Morgan fingerprint density at radius 3 is 2.83 bits per heavy atom. The van der Waals surface area contributed by atoms with Gasteiger partial charge in [0.2, 0.25) is 0 Å². The number of rotatable bonds is 2. The van der Waals surface area contributed by atoms with Crippen molar-refractivity contribution in [2.24, 2.45) is 5.16 Å². The molecule has 0 bridgehead atoms. The number of fused-ring (bicyclic) bond motifs is 1. The number of nitrogens with zero attached hydrogens (tertiary/aromatic N) is 2. The zero-order valence-corrected chi connectivity index (χ0v) is 11.6. The molecule has 1 heterocycles. The van der Waals surface area contributed by atoms with Gasteiger partial charge < -0.3 is 10.1 Å². The monoisotopic (exact) mass is 246 g/mol. The van der Waals surface area contributed by atoms with Crippen LogP contribution in [-0.2, 0) is 0 Å². The fraction of sp³-hybridized carbons (Fsp3) is 0.533. The average Bonchev–Trinajstić information content (AvgIpc) is 2.29. The maximum Gasteiger partial charge on any atom is 0.0733 e. The minimum atomic E-state index is 0.202. The van der Waals surface area contributed by atoms with Gasteiger partial charge in [-0.15, -0.1) is 0 Å². The lowest BCUT2D eigenvalue weighted by atomic mass is 9.79. The topological polar surface area (TPSA) is 35.8 Å². The van der Waals surface area contributed by atoms with Crippen LogP contribution < -0.4 is 4.90 Å². The van der Waals surface area contributed by atoms with Gasteiger partial charge in [-0.05, 0) is 56.4 Å². The Bertz CT molecular complexity index is 466. The van der Waals surface area contributed by atoms with Gasteiger partial charge in [-0.1, -0.05) is 18.1 Å². The first-order valence-corrected chi connectivity index (χ1v) is 6.58. The predicted molar refractivity (Wildman–Crippen MR) is 76.0 cm³/mol. The van der Waals surface area contributed by atoms with Gasteiger partial charge in [-0.2, -0.15) is 0 Å². The maximum absolute atomic E-state index is 8.63. The van der Waals surface area contributed by atoms with Crippen LogP contribution in [0.3, 0.4) is 0 Å². The molecule has 0 saturated carbocycles. The minimum Gasteiger partial charge on any atom is -0.411 e. The fourth-order valence-electron chi connectivity index (χ4n) is 3.25. The highest BCUT2D eigenvalue weighted by Gasteiger charge is 2.35. The van der Waals surface area contributed by atoms with Crippen LogP contribution in [0.15, 0.2) is 23.4 Å². The Hall–Kier alpha value is -1.51. The fourth-order valence-corrected chi connectivity index (χ4v) is 3.25. The third kappa shape index (κ3) is 2.09. The molecule has 0 spiro atoms. The summed E-state index contributed by atoms with van der Waals surface area (Å²) in [6.07, 6.45) is 2.64. The molecule has 1 aliphatic rings. The molecule has 1 aliphatic heterocycles. The zero-order valence-electron chi connectivity index (χ0n) is 11.6. The van der Waals surface area contributed by atoms with E-state index in [1.54, 1.807) is 0 Å².